The Hall–Kier alpha value is -2.45. The third-order valence-electron chi connectivity index (χ3n) is 5.40. The number of aryl methyl sites for hydroxylation is 1. The smallest absolute Gasteiger partial charge is 0.303 e. The van der Waals surface area contributed by atoms with Gasteiger partial charge in [-0.3, -0.25) is 9.03 Å². The highest BCUT2D eigenvalue weighted by Gasteiger charge is 2.30. The maximum Gasteiger partial charge on any atom is 0.324 e. The zero-order valence-corrected chi connectivity index (χ0v) is 18.6. The van der Waals surface area contributed by atoms with E-state index in [1.54, 1.807) is 0 Å². The Balaban J connectivity index is 1.59. The summed E-state index contributed by atoms with van der Waals surface area (Å²) in [4.78, 5) is 2.24. The van der Waals surface area contributed by atoms with Gasteiger partial charge in [-0.15, -0.1) is 6.58 Å². The number of hydrogen-bond donors (Lipinski definition) is 1. The van der Waals surface area contributed by atoms with Crippen molar-refractivity contribution >= 4 is 21.6 Å². The summed E-state index contributed by atoms with van der Waals surface area (Å²) in [5.41, 5.74) is 2.48. The first-order valence-corrected chi connectivity index (χ1v) is 11.9. The Labute approximate surface area is 183 Å². The summed E-state index contributed by atoms with van der Waals surface area (Å²) in [7, 11) is -1.92. The van der Waals surface area contributed by atoms with Crippen molar-refractivity contribution in [2.75, 3.05) is 35.7 Å². The first-order chi connectivity index (χ1) is 14.8. The minimum atomic E-state index is -4.00. The molecule has 2 aromatic rings. The van der Waals surface area contributed by atoms with Gasteiger partial charge in [-0.25, -0.2) is 8.78 Å². The van der Waals surface area contributed by atoms with Crippen molar-refractivity contribution in [3.63, 3.8) is 0 Å². The average molecular weight is 450 g/mol. The molecule has 0 fully saturated rings. The van der Waals surface area contributed by atoms with Gasteiger partial charge in [-0.05, 0) is 68.6 Å². The lowest BCUT2D eigenvalue weighted by Gasteiger charge is -2.21. The minimum absolute atomic E-state index is 0.273. The summed E-state index contributed by atoms with van der Waals surface area (Å²) in [6.07, 6.45) is 6.79. The van der Waals surface area contributed by atoms with E-state index in [1.165, 1.54) is 9.87 Å². The van der Waals surface area contributed by atoms with Crippen LogP contribution in [-0.2, 0) is 23.1 Å². The number of likely N-dealkylation sites (N-methyl/N-ethyl adjacent to an activating group) is 1. The standard InChI is InChI=1S/C23H29F2N3O2S/c1-3-13-27(2)14-6-4-5-7-18-8-11-23-19(16-18)12-15-28(23)31(29,30)26-22-10-9-20(24)17-21(22)25/h3,8-11,16-17,26H,1,4-7,12-15H2,2H3. The lowest BCUT2D eigenvalue weighted by atomic mass is 10.0. The SMILES string of the molecule is C=CCN(C)CCCCCc1ccc2c(c1)CCN2S(=O)(=O)Nc1ccc(F)cc1F. The zero-order chi connectivity index (χ0) is 22.4. The van der Waals surface area contributed by atoms with Crippen LogP contribution in [-0.4, -0.2) is 40.0 Å². The van der Waals surface area contributed by atoms with Crippen LogP contribution in [0.3, 0.4) is 0 Å². The molecule has 0 saturated carbocycles. The topological polar surface area (TPSA) is 52.7 Å². The lowest BCUT2D eigenvalue weighted by Crippen LogP contribution is -2.34. The fraction of sp³-hybridized carbons (Fsp3) is 0.391. The molecule has 31 heavy (non-hydrogen) atoms. The van der Waals surface area contributed by atoms with Gasteiger partial charge in [-0.1, -0.05) is 24.6 Å². The fourth-order valence-corrected chi connectivity index (χ4v) is 5.12. The zero-order valence-electron chi connectivity index (χ0n) is 17.8. The summed E-state index contributed by atoms with van der Waals surface area (Å²) in [6.45, 7) is 5.97. The lowest BCUT2D eigenvalue weighted by molar-refractivity contribution is 0.358. The van der Waals surface area contributed by atoms with Gasteiger partial charge >= 0.3 is 10.2 Å². The quantitative estimate of drug-likeness (QED) is 0.406. The van der Waals surface area contributed by atoms with Crippen LogP contribution in [0.5, 0.6) is 0 Å². The number of fused-ring (bicyclic) bond motifs is 1. The molecule has 8 heteroatoms. The fourth-order valence-electron chi connectivity index (χ4n) is 3.80. The molecule has 1 heterocycles. The summed E-state index contributed by atoms with van der Waals surface area (Å²) in [6, 6.07) is 8.58. The van der Waals surface area contributed by atoms with Crippen LogP contribution < -0.4 is 9.03 Å². The van der Waals surface area contributed by atoms with Crippen molar-refractivity contribution in [3.8, 4) is 0 Å². The maximum atomic E-state index is 13.9. The predicted molar refractivity (Wildman–Crippen MR) is 122 cm³/mol. The van der Waals surface area contributed by atoms with Crippen molar-refractivity contribution in [1.29, 1.82) is 0 Å². The highest BCUT2D eigenvalue weighted by molar-refractivity contribution is 7.94. The first-order valence-electron chi connectivity index (χ1n) is 10.5. The Bertz CT molecular complexity index is 1030. The molecule has 1 N–H and O–H groups in total. The highest BCUT2D eigenvalue weighted by atomic mass is 32.2. The van der Waals surface area contributed by atoms with Crippen LogP contribution in [0.25, 0.3) is 0 Å². The number of anilines is 2. The largest absolute Gasteiger partial charge is 0.324 e. The van der Waals surface area contributed by atoms with E-state index in [0.717, 1.165) is 56.5 Å². The van der Waals surface area contributed by atoms with Crippen LogP contribution in [0.2, 0.25) is 0 Å². The van der Waals surface area contributed by atoms with Crippen LogP contribution in [0, 0.1) is 11.6 Å². The van der Waals surface area contributed by atoms with Gasteiger partial charge in [0.25, 0.3) is 0 Å². The van der Waals surface area contributed by atoms with E-state index in [9.17, 15) is 17.2 Å². The second-order valence-corrected chi connectivity index (χ2v) is 9.47. The highest BCUT2D eigenvalue weighted by Crippen LogP contribution is 2.32. The molecule has 0 amide bonds. The van der Waals surface area contributed by atoms with Gasteiger partial charge < -0.3 is 4.90 Å². The number of hydrogen-bond acceptors (Lipinski definition) is 3. The Kier molecular flexibility index (Phi) is 7.67. The van der Waals surface area contributed by atoms with E-state index in [0.29, 0.717) is 18.2 Å². The number of nitrogens with one attached hydrogen (secondary N) is 1. The molecule has 0 saturated heterocycles. The van der Waals surface area contributed by atoms with Crippen LogP contribution >= 0.6 is 0 Å². The van der Waals surface area contributed by atoms with E-state index in [1.807, 2.05) is 18.2 Å². The Morgan fingerprint density at radius 3 is 2.71 bits per heavy atom. The number of benzene rings is 2. The molecular formula is C23H29F2N3O2S. The third kappa shape index (κ3) is 6.04. The van der Waals surface area contributed by atoms with Gasteiger partial charge in [0.2, 0.25) is 0 Å². The summed E-state index contributed by atoms with van der Waals surface area (Å²) < 4.78 is 56.0. The molecule has 0 aromatic heterocycles. The summed E-state index contributed by atoms with van der Waals surface area (Å²) in [5.74, 6) is -1.71. The van der Waals surface area contributed by atoms with E-state index < -0.39 is 21.8 Å². The molecule has 3 rings (SSSR count). The Morgan fingerprint density at radius 2 is 1.97 bits per heavy atom. The summed E-state index contributed by atoms with van der Waals surface area (Å²) in [5, 5.41) is 0. The van der Waals surface area contributed by atoms with Crippen LogP contribution in [0.15, 0.2) is 49.1 Å². The van der Waals surface area contributed by atoms with Gasteiger partial charge in [-0.2, -0.15) is 8.42 Å². The summed E-state index contributed by atoms with van der Waals surface area (Å²) >= 11 is 0. The molecule has 0 spiro atoms. The second kappa shape index (κ2) is 10.2. The Morgan fingerprint density at radius 1 is 1.16 bits per heavy atom. The monoisotopic (exact) mass is 449 g/mol. The molecule has 0 unspecified atom stereocenters. The van der Waals surface area contributed by atoms with Gasteiger partial charge in [0, 0.05) is 19.2 Å². The number of rotatable bonds is 11. The first kappa shape index (κ1) is 23.2. The third-order valence-corrected chi connectivity index (χ3v) is 6.84. The van der Waals surface area contributed by atoms with Crippen LogP contribution in [0.4, 0.5) is 20.2 Å². The van der Waals surface area contributed by atoms with Crippen molar-refractivity contribution in [1.82, 2.24) is 4.90 Å². The predicted octanol–water partition coefficient (Wildman–Crippen LogP) is 4.51. The van der Waals surface area contributed by atoms with Crippen LogP contribution in [0.1, 0.15) is 30.4 Å². The molecule has 0 atom stereocenters. The number of halogens is 2. The number of nitrogens with zero attached hydrogens (tertiary/aromatic N) is 2. The second-order valence-electron chi connectivity index (χ2n) is 7.88. The molecule has 1 aliphatic heterocycles. The van der Waals surface area contributed by atoms with Gasteiger partial charge in [0.15, 0.2) is 0 Å². The number of unbranched alkanes of at least 4 members (excludes halogenated alkanes) is 2. The molecule has 0 radical (unpaired) electrons. The van der Waals surface area contributed by atoms with Crippen molar-refractivity contribution in [2.24, 2.45) is 0 Å². The maximum absolute atomic E-state index is 13.9. The minimum Gasteiger partial charge on any atom is -0.303 e. The van der Waals surface area contributed by atoms with Gasteiger partial charge in [0.05, 0.1) is 11.4 Å². The van der Waals surface area contributed by atoms with E-state index in [-0.39, 0.29) is 12.2 Å². The molecule has 0 aliphatic carbocycles. The molecule has 2 aromatic carbocycles. The average Bonchev–Trinajstić information content (AvgIpc) is 3.14. The van der Waals surface area contributed by atoms with Crippen molar-refractivity contribution in [2.45, 2.75) is 32.1 Å². The van der Waals surface area contributed by atoms with E-state index in [2.05, 4.69) is 29.3 Å². The van der Waals surface area contributed by atoms with Crippen molar-refractivity contribution in [3.05, 3.63) is 71.8 Å². The normalized spacial score (nSPS) is 13.5. The molecule has 168 valence electrons. The van der Waals surface area contributed by atoms with E-state index in [4.69, 9.17) is 0 Å². The van der Waals surface area contributed by atoms with Crippen molar-refractivity contribution < 1.29 is 17.2 Å². The molecule has 5 nitrogen and oxygen atoms in total. The van der Waals surface area contributed by atoms with Gasteiger partial charge in [0.1, 0.15) is 11.6 Å². The van der Waals surface area contributed by atoms with E-state index >= 15 is 0 Å². The molecule has 1 aliphatic rings. The molecule has 0 bridgehead atoms. The molecular weight excluding hydrogens is 420 g/mol.